The molecule has 0 saturated carbocycles. The molecule has 2 rings (SSSR count). The number of aromatic nitrogens is 1. The minimum atomic E-state index is -0.258. The molecule has 1 heterocycles. The normalized spacial score (nSPS) is 9.00. The molecule has 0 bridgehead atoms. The standard InChI is InChI=1S/C13H14N4O.2ClH/c14-11-6-4-10(5-7-11)9-16-17-13(18)12-3-1-2-8-15-12;;/h1-8,16H,9,14H2,(H,17,18);2*1H. The number of hydrazine groups is 1. The van der Waals surface area contributed by atoms with E-state index in [0.29, 0.717) is 12.2 Å². The van der Waals surface area contributed by atoms with E-state index in [4.69, 9.17) is 5.73 Å². The van der Waals surface area contributed by atoms with E-state index in [1.165, 1.54) is 0 Å². The number of nitrogens with two attached hydrogens (primary N) is 1. The van der Waals surface area contributed by atoms with Gasteiger partial charge in [0.2, 0.25) is 0 Å². The van der Waals surface area contributed by atoms with Crippen LogP contribution in [0.3, 0.4) is 0 Å². The van der Waals surface area contributed by atoms with Gasteiger partial charge in [-0.15, -0.1) is 24.8 Å². The number of rotatable bonds is 4. The summed E-state index contributed by atoms with van der Waals surface area (Å²) in [5.41, 5.74) is 13.1. The first-order valence-corrected chi connectivity index (χ1v) is 5.54. The van der Waals surface area contributed by atoms with Crippen molar-refractivity contribution in [3.63, 3.8) is 0 Å². The number of anilines is 1. The number of nitrogen functional groups attached to an aromatic ring is 1. The van der Waals surface area contributed by atoms with Gasteiger partial charge < -0.3 is 5.73 Å². The summed E-state index contributed by atoms with van der Waals surface area (Å²) in [7, 11) is 0. The van der Waals surface area contributed by atoms with E-state index in [2.05, 4.69) is 15.8 Å². The summed E-state index contributed by atoms with van der Waals surface area (Å²) in [6.07, 6.45) is 1.58. The zero-order valence-corrected chi connectivity index (χ0v) is 12.2. The van der Waals surface area contributed by atoms with Crippen LogP contribution < -0.4 is 16.6 Å². The smallest absolute Gasteiger partial charge is 0.283 e. The van der Waals surface area contributed by atoms with Gasteiger partial charge >= 0.3 is 0 Å². The van der Waals surface area contributed by atoms with Gasteiger partial charge in [-0.1, -0.05) is 18.2 Å². The second kappa shape index (κ2) is 9.14. The van der Waals surface area contributed by atoms with Gasteiger partial charge in [0, 0.05) is 18.4 Å². The molecule has 0 aliphatic heterocycles. The van der Waals surface area contributed by atoms with Crippen LogP contribution in [-0.2, 0) is 6.54 Å². The SMILES string of the molecule is Cl.Cl.Nc1ccc(CNNC(=O)c2ccccn2)cc1. The van der Waals surface area contributed by atoms with E-state index in [-0.39, 0.29) is 30.7 Å². The van der Waals surface area contributed by atoms with Crippen molar-refractivity contribution in [3.05, 3.63) is 59.9 Å². The van der Waals surface area contributed by atoms with Crippen molar-refractivity contribution < 1.29 is 4.79 Å². The number of hydrogen-bond donors (Lipinski definition) is 3. The van der Waals surface area contributed by atoms with Crippen molar-refractivity contribution in [1.29, 1.82) is 0 Å². The van der Waals surface area contributed by atoms with Crippen LogP contribution in [0.5, 0.6) is 0 Å². The van der Waals surface area contributed by atoms with Crippen molar-refractivity contribution in [2.75, 3.05) is 5.73 Å². The van der Waals surface area contributed by atoms with Crippen molar-refractivity contribution in [2.45, 2.75) is 6.54 Å². The summed E-state index contributed by atoms with van der Waals surface area (Å²) in [6, 6.07) is 12.6. The van der Waals surface area contributed by atoms with Gasteiger partial charge in [0.25, 0.3) is 5.91 Å². The predicted octanol–water partition coefficient (Wildman–Crippen LogP) is 1.94. The quantitative estimate of drug-likeness (QED) is 0.595. The topological polar surface area (TPSA) is 80.0 Å². The fraction of sp³-hybridized carbons (Fsp3) is 0.0769. The van der Waals surface area contributed by atoms with Crippen LogP contribution in [0.1, 0.15) is 16.1 Å². The van der Waals surface area contributed by atoms with Crippen LogP contribution in [0, 0.1) is 0 Å². The lowest BCUT2D eigenvalue weighted by molar-refractivity contribution is 0.0927. The Morgan fingerprint density at radius 2 is 1.80 bits per heavy atom. The van der Waals surface area contributed by atoms with Crippen molar-refractivity contribution in [1.82, 2.24) is 15.8 Å². The fourth-order valence-electron chi connectivity index (χ4n) is 1.42. The number of pyridine rings is 1. The zero-order chi connectivity index (χ0) is 12.8. The third-order valence-corrected chi connectivity index (χ3v) is 2.37. The molecular formula is C13H16Cl2N4O. The summed E-state index contributed by atoms with van der Waals surface area (Å²) in [5.74, 6) is -0.258. The molecule has 0 unspecified atom stereocenters. The van der Waals surface area contributed by atoms with Crippen LogP contribution in [0.25, 0.3) is 0 Å². The lowest BCUT2D eigenvalue weighted by Gasteiger charge is -2.06. The third kappa shape index (κ3) is 5.44. The number of amides is 1. The first kappa shape index (κ1) is 18.2. The Bertz CT molecular complexity index is 520. The molecule has 108 valence electrons. The summed E-state index contributed by atoms with van der Waals surface area (Å²) in [4.78, 5) is 15.6. The van der Waals surface area contributed by atoms with E-state index >= 15 is 0 Å². The van der Waals surface area contributed by atoms with E-state index < -0.39 is 0 Å². The second-order valence-electron chi connectivity index (χ2n) is 3.76. The van der Waals surface area contributed by atoms with Crippen LogP contribution in [0.15, 0.2) is 48.7 Å². The van der Waals surface area contributed by atoms with Crippen LogP contribution in [0.2, 0.25) is 0 Å². The number of nitrogens with zero attached hydrogens (tertiary/aromatic N) is 1. The summed E-state index contributed by atoms with van der Waals surface area (Å²) >= 11 is 0. The van der Waals surface area contributed by atoms with E-state index in [1.807, 2.05) is 24.3 Å². The van der Waals surface area contributed by atoms with Gasteiger partial charge in [0.05, 0.1) is 0 Å². The maximum atomic E-state index is 11.6. The minimum absolute atomic E-state index is 0. The van der Waals surface area contributed by atoms with Gasteiger partial charge in [-0.2, -0.15) is 0 Å². The highest BCUT2D eigenvalue weighted by atomic mass is 35.5. The molecule has 0 spiro atoms. The van der Waals surface area contributed by atoms with Crippen LogP contribution in [-0.4, -0.2) is 10.9 Å². The summed E-state index contributed by atoms with van der Waals surface area (Å²) in [6.45, 7) is 0.527. The molecule has 1 amide bonds. The van der Waals surface area contributed by atoms with Crippen LogP contribution in [0.4, 0.5) is 5.69 Å². The zero-order valence-electron chi connectivity index (χ0n) is 10.6. The number of nitrogens with one attached hydrogen (secondary N) is 2. The van der Waals surface area contributed by atoms with E-state index in [9.17, 15) is 4.79 Å². The highest BCUT2D eigenvalue weighted by Gasteiger charge is 2.04. The van der Waals surface area contributed by atoms with Gasteiger partial charge in [0.15, 0.2) is 0 Å². The molecule has 7 heteroatoms. The molecule has 0 radical (unpaired) electrons. The first-order chi connectivity index (χ1) is 8.75. The number of carbonyl (C=O) groups excluding carboxylic acids is 1. The van der Waals surface area contributed by atoms with Crippen molar-refractivity contribution in [2.24, 2.45) is 0 Å². The third-order valence-electron chi connectivity index (χ3n) is 2.37. The number of benzene rings is 1. The maximum absolute atomic E-state index is 11.6. The first-order valence-electron chi connectivity index (χ1n) is 5.54. The van der Waals surface area contributed by atoms with Gasteiger partial charge in [-0.05, 0) is 29.8 Å². The maximum Gasteiger partial charge on any atom is 0.283 e. The minimum Gasteiger partial charge on any atom is -0.399 e. The Kier molecular flexibility index (Phi) is 8.31. The van der Waals surface area contributed by atoms with E-state index in [1.54, 1.807) is 24.4 Å². The molecule has 0 saturated heterocycles. The van der Waals surface area contributed by atoms with Crippen LogP contribution >= 0.6 is 24.8 Å². The highest BCUT2D eigenvalue weighted by molar-refractivity contribution is 5.91. The highest BCUT2D eigenvalue weighted by Crippen LogP contribution is 2.04. The molecule has 2 aromatic rings. The lowest BCUT2D eigenvalue weighted by Crippen LogP contribution is -2.37. The molecule has 4 N–H and O–H groups in total. The average Bonchev–Trinajstić information content (AvgIpc) is 2.42. The molecule has 5 nitrogen and oxygen atoms in total. The molecular weight excluding hydrogens is 299 g/mol. The Labute approximate surface area is 129 Å². The number of hydrogen-bond acceptors (Lipinski definition) is 4. The summed E-state index contributed by atoms with van der Waals surface area (Å²) in [5, 5.41) is 0. The van der Waals surface area contributed by atoms with Gasteiger partial charge in [0.1, 0.15) is 5.69 Å². The molecule has 1 aromatic heterocycles. The number of halogens is 2. The fourth-order valence-corrected chi connectivity index (χ4v) is 1.42. The molecule has 0 fully saturated rings. The lowest BCUT2D eigenvalue weighted by atomic mass is 10.2. The molecule has 20 heavy (non-hydrogen) atoms. The Hall–Kier alpha value is -1.82. The summed E-state index contributed by atoms with van der Waals surface area (Å²) < 4.78 is 0. The molecule has 0 aliphatic rings. The van der Waals surface area contributed by atoms with Gasteiger partial charge in [-0.25, -0.2) is 5.43 Å². The second-order valence-corrected chi connectivity index (χ2v) is 3.76. The van der Waals surface area contributed by atoms with Crippen molar-refractivity contribution in [3.8, 4) is 0 Å². The number of carbonyl (C=O) groups is 1. The Morgan fingerprint density at radius 1 is 1.10 bits per heavy atom. The average molecular weight is 315 g/mol. The van der Waals surface area contributed by atoms with Crippen molar-refractivity contribution >= 4 is 36.4 Å². The monoisotopic (exact) mass is 314 g/mol. The van der Waals surface area contributed by atoms with Gasteiger partial charge in [-0.3, -0.25) is 15.2 Å². The molecule has 0 aliphatic carbocycles. The largest absolute Gasteiger partial charge is 0.399 e. The Morgan fingerprint density at radius 3 is 2.40 bits per heavy atom. The Balaban J connectivity index is 0.00000180. The van der Waals surface area contributed by atoms with E-state index in [0.717, 1.165) is 11.3 Å². The predicted molar refractivity (Wildman–Crippen MR) is 83.9 cm³/mol. The molecule has 0 atom stereocenters. The molecule has 1 aromatic carbocycles.